The first-order valence-electron chi connectivity index (χ1n) is 9.12. The van der Waals surface area contributed by atoms with Crippen molar-refractivity contribution in [3.63, 3.8) is 0 Å². The Balaban J connectivity index is 2.17. The highest BCUT2D eigenvalue weighted by Crippen LogP contribution is 2.35. The first kappa shape index (κ1) is 21.2. The number of aromatic nitrogens is 2. The molecule has 0 aliphatic heterocycles. The smallest absolute Gasteiger partial charge is 0.299 e. The predicted octanol–water partition coefficient (Wildman–Crippen LogP) is 4.54. The molecule has 0 atom stereocenters. The van der Waals surface area contributed by atoms with Crippen LogP contribution in [0.25, 0.3) is 0 Å². The summed E-state index contributed by atoms with van der Waals surface area (Å²) in [5.41, 5.74) is 2.34. The van der Waals surface area contributed by atoms with E-state index in [-0.39, 0.29) is 5.41 Å². The van der Waals surface area contributed by atoms with Crippen LogP contribution in [0.1, 0.15) is 44.6 Å². The molecule has 1 aromatic carbocycles. The van der Waals surface area contributed by atoms with Crippen molar-refractivity contribution in [3.8, 4) is 28.5 Å². The highest BCUT2D eigenvalue weighted by Gasteiger charge is 2.13. The molecule has 5 nitrogen and oxygen atoms in total. The van der Waals surface area contributed by atoms with Crippen LogP contribution in [0.2, 0.25) is 0 Å². The van der Waals surface area contributed by atoms with Gasteiger partial charge in [0.25, 0.3) is 5.19 Å². The zero-order valence-corrected chi connectivity index (χ0v) is 18.2. The minimum Gasteiger partial charge on any atom is -0.493 e. The fourth-order valence-corrected chi connectivity index (χ4v) is 2.83. The van der Waals surface area contributed by atoms with Crippen LogP contribution in [0.4, 0.5) is 0 Å². The molecule has 27 heavy (non-hydrogen) atoms. The number of benzene rings is 1. The van der Waals surface area contributed by atoms with E-state index in [1.165, 1.54) is 22.7 Å². The maximum absolute atomic E-state index is 5.94. The molecule has 0 N–H and O–H groups in total. The number of hydrogen-bond acceptors (Lipinski definition) is 6. The van der Waals surface area contributed by atoms with Crippen LogP contribution in [0.5, 0.6) is 16.7 Å². The van der Waals surface area contributed by atoms with Gasteiger partial charge in [-0.25, -0.2) is 0 Å². The summed E-state index contributed by atoms with van der Waals surface area (Å²) in [7, 11) is 3.78. The van der Waals surface area contributed by atoms with Crippen LogP contribution in [0.15, 0.2) is 12.1 Å². The van der Waals surface area contributed by atoms with Crippen molar-refractivity contribution in [2.24, 2.45) is 5.41 Å². The molecule has 0 spiro atoms. The molecule has 0 saturated carbocycles. The lowest BCUT2D eigenvalue weighted by Crippen LogP contribution is -2.20. The second-order valence-corrected chi connectivity index (χ2v) is 8.28. The van der Waals surface area contributed by atoms with Crippen molar-refractivity contribution >= 4 is 11.5 Å². The van der Waals surface area contributed by atoms with E-state index in [0.29, 0.717) is 22.5 Å². The molecule has 0 saturated heterocycles. The maximum atomic E-state index is 5.94. The SMILES string of the molecule is CCN(C)CCc1cc(OC)c(Oc2nc(C#CC(C)(C)C)ns2)cc1C. The van der Waals surface area contributed by atoms with Crippen LogP contribution < -0.4 is 9.47 Å². The highest BCUT2D eigenvalue weighted by atomic mass is 32.1. The van der Waals surface area contributed by atoms with Crippen molar-refractivity contribution < 1.29 is 9.47 Å². The highest BCUT2D eigenvalue weighted by molar-refractivity contribution is 7.07. The Kier molecular flexibility index (Phi) is 7.23. The van der Waals surface area contributed by atoms with E-state index in [2.05, 4.69) is 73.8 Å². The monoisotopic (exact) mass is 387 g/mol. The average molecular weight is 388 g/mol. The van der Waals surface area contributed by atoms with E-state index in [9.17, 15) is 0 Å². The number of rotatable bonds is 7. The standard InChI is InChI=1S/C21H29N3O2S/c1-8-24(6)12-10-16-14-17(25-7)18(13-15(16)2)26-20-22-19(23-27-20)9-11-21(3,4)5/h13-14H,8,10,12H2,1-7H3. The molecule has 0 aliphatic rings. The summed E-state index contributed by atoms with van der Waals surface area (Å²) in [5.74, 6) is 7.96. The first-order valence-corrected chi connectivity index (χ1v) is 9.90. The molecule has 0 aliphatic carbocycles. The van der Waals surface area contributed by atoms with Gasteiger partial charge in [0.2, 0.25) is 5.82 Å². The van der Waals surface area contributed by atoms with Crippen molar-refractivity contribution in [1.29, 1.82) is 0 Å². The van der Waals surface area contributed by atoms with Crippen LogP contribution in [-0.4, -0.2) is 41.5 Å². The van der Waals surface area contributed by atoms with Crippen molar-refractivity contribution in [1.82, 2.24) is 14.3 Å². The normalized spacial score (nSPS) is 11.3. The van der Waals surface area contributed by atoms with Crippen LogP contribution in [0, 0.1) is 24.2 Å². The summed E-state index contributed by atoms with van der Waals surface area (Å²) in [5, 5.41) is 0.462. The molecule has 2 aromatic rings. The Morgan fingerprint density at radius 1 is 1.22 bits per heavy atom. The number of nitrogens with zero attached hydrogens (tertiary/aromatic N) is 3. The lowest BCUT2D eigenvalue weighted by molar-refractivity contribution is 0.355. The minimum absolute atomic E-state index is 0.0890. The summed E-state index contributed by atoms with van der Waals surface area (Å²) < 4.78 is 15.7. The molecule has 2 rings (SSSR count). The van der Waals surface area contributed by atoms with E-state index in [1.54, 1.807) is 7.11 Å². The molecular weight excluding hydrogens is 358 g/mol. The molecule has 1 aromatic heterocycles. The van der Waals surface area contributed by atoms with Gasteiger partial charge in [0.15, 0.2) is 11.5 Å². The van der Waals surface area contributed by atoms with Crippen LogP contribution in [0.3, 0.4) is 0 Å². The molecule has 0 bridgehead atoms. The van der Waals surface area contributed by atoms with Gasteiger partial charge in [-0.05, 0) is 76.9 Å². The molecule has 0 fully saturated rings. The Labute approximate surface area is 166 Å². The van der Waals surface area contributed by atoms with Gasteiger partial charge in [0.05, 0.1) is 7.11 Å². The summed E-state index contributed by atoms with van der Waals surface area (Å²) in [6.45, 7) is 12.5. The third-order valence-corrected chi connectivity index (χ3v) is 4.67. The van der Waals surface area contributed by atoms with Gasteiger partial charge in [-0.15, -0.1) is 0 Å². The quantitative estimate of drug-likeness (QED) is 0.653. The largest absolute Gasteiger partial charge is 0.493 e. The summed E-state index contributed by atoms with van der Waals surface area (Å²) in [4.78, 5) is 6.65. The second kappa shape index (κ2) is 9.20. The Morgan fingerprint density at radius 2 is 1.96 bits per heavy atom. The molecule has 146 valence electrons. The summed E-state index contributed by atoms with van der Waals surface area (Å²) in [6.07, 6.45) is 0.970. The molecule has 0 radical (unpaired) electrons. The molecular formula is C21H29N3O2S. The predicted molar refractivity (Wildman–Crippen MR) is 111 cm³/mol. The molecule has 0 unspecified atom stereocenters. The maximum Gasteiger partial charge on any atom is 0.299 e. The average Bonchev–Trinajstić information content (AvgIpc) is 3.06. The Morgan fingerprint density at radius 3 is 2.59 bits per heavy atom. The van der Waals surface area contributed by atoms with Gasteiger partial charge < -0.3 is 14.4 Å². The molecule has 0 amide bonds. The lowest BCUT2D eigenvalue weighted by Gasteiger charge is -2.16. The van der Waals surface area contributed by atoms with Crippen LogP contribution in [-0.2, 0) is 6.42 Å². The number of aryl methyl sites for hydroxylation is 1. The third-order valence-electron chi connectivity index (χ3n) is 4.08. The Hall–Kier alpha value is -2.10. The lowest BCUT2D eigenvalue weighted by atomic mass is 9.98. The first-order chi connectivity index (χ1) is 12.7. The third kappa shape index (κ3) is 6.53. The van der Waals surface area contributed by atoms with Crippen molar-refractivity contribution in [2.75, 3.05) is 27.2 Å². The zero-order valence-electron chi connectivity index (χ0n) is 17.3. The second-order valence-electron chi connectivity index (χ2n) is 7.56. The number of ether oxygens (including phenoxy) is 2. The van der Waals surface area contributed by atoms with Crippen LogP contribution >= 0.6 is 11.5 Å². The van der Waals surface area contributed by atoms with Gasteiger partial charge in [0, 0.05) is 23.5 Å². The number of methoxy groups -OCH3 is 1. The van der Waals surface area contributed by atoms with Gasteiger partial charge in [-0.1, -0.05) is 12.8 Å². The van der Waals surface area contributed by atoms with Gasteiger partial charge in [-0.2, -0.15) is 9.36 Å². The van der Waals surface area contributed by atoms with E-state index in [4.69, 9.17) is 9.47 Å². The fourth-order valence-electron chi connectivity index (χ4n) is 2.32. The van der Waals surface area contributed by atoms with E-state index >= 15 is 0 Å². The van der Waals surface area contributed by atoms with Crippen molar-refractivity contribution in [3.05, 3.63) is 29.1 Å². The minimum atomic E-state index is -0.0890. The van der Waals surface area contributed by atoms with Crippen molar-refractivity contribution in [2.45, 2.75) is 41.0 Å². The topological polar surface area (TPSA) is 47.5 Å². The summed E-state index contributed by atoms with van der Waals surface area (Å²) >= 11 is 1.19. The van der Waals surface area contributed by atoms with E-state index in [0.717, 1.165) is 19.5 Å². The number of likely N-dealkylation sites (N-methyl/N-ethyl adjacent to an activating group) is 1. The van der Waals surface area contributed by atoms with Gasteiger partial charge in [-0.3, -0.25) is 0 Å². The van der Waals surface area contributed by atoms with Gasteiger partial charge >= 0.3 is 0 Å². The van der Waals surface area contributed by atoms with Gasteiger partial charge in [0.1, 0.15) is 0 Å². The molecule has 6 heteroatoms. The summed E-state index contributed by atoms with van der Waals surface area (Å²) in [6, 6.07) is 4.05. The van der Waals surface area contributed by atoms with E-state index in [1.807, 2.05) is 6.07 Å². The zero-order chi connectivity index (χ0) is 20.0. The number of hydrogen-bond donors (Lipinski definition) is 0. The van der Waals surface area contributed by atoms with E-state index < -0.39 is 0 Å². The fraction of sp³-hybridized carbons (Fsp3) is 0.524. The Bertz CT molecular complexity index is 828. The molecule has 1 heterocycles.